The van der Waals surface area contributed by atoms with E-state index in [4.69, 9.17) is 0 Å². The maximum atomic E-state index is 4.15. The standard InChI is InChI=1S/C11H15N5/c1-12-11-5-10(3-4-13-11)14-6-9-7-15-16(2)8-9/h3-5,7-8H,6H2,1-2H3,(H2,12,13,14). The van der Waals surface area contributed by atoms with Crippen molar-refractivity contribution in [2.24, 2.45) is 7.05 Å². The molecule has 0 saturated heterocycles. The van der Waals surface area contributed by atoms with Crippen molar-refractivity contribution in [2.75, 3.05) is 17.7 Å². The molecule has 0 fully saturated rings. The van der Waals surface area contributed by atoms with Crippen molar-refractivity contribution >= 4 is 11.5 Å². The summed E-state index contributed by atoms with van der Waals surface area (Å²) < 4.78 is 1.79. The molecule has 2 N–H and O–H groups in total. The van der Waals surface area contributed by atoms with Gasteiger partial charge in [-0.25, -0.2) is 4.98 Å². The van der Waals surface area contributed by atoms with Gasteiger partial charge in [-0.2, -0.15) is 5.10 Å². The van der Waals surface area contributed by atoms with E-state index in [1.165, 1.54) is 0 Å². The molecule has 0 aliphatic carbocycles. The Morgan fingerprint density at radius 1 is 1.44 bits per heavy atom. The van der Waals surface area contributed by atoms with Gasteiger partial charge in [0.2, 0.25) is 0 Å². The average Bonchev–Trinajstić information content (AvgIpc) is 2.73. The molecule has 0 bridgehead atoms. The Hall–Kier alpha value is -2.04. The molecule has 84 valence electrons. The topological polar surface area (TPSA) is 54.8 Å². The molecule has 0 saturated carbocycles. The minimum atomic E-state index is 0.765. The Morgan fingerprint density at radius 3 is 3.00 bits per heavy atom. The summed E-state index contributed by atoms with van der Waals surface area (Å²) in [5.74, 6) is 0.858. The molecule has 2 aromatic rings. The van der Waals surface area contributed by atoms with E-state index in [0.29, 0.717) is 0 Å². The maximum absolute atomic E-state index is 4.15. The third-order valence-electron chi connectivity index (χ3n) is 2.27. The second kappa shape index (κ2) is 4.65. The van der Waals surface area contributed by atoms with Gasteiger partial charge in [-0.05, 0) is 6.07 Å². The van der Waals surface area contributed by atoms with Gasteiger partial charge in [0.05, 0.1) is 6.20 Å². The SMILES string of the molecule is CNc1cc(NCc2cnn(C)c2)ccn1. The third kappa shape index (κ3) is 2.50. The van der Waals surface area contributed by atoms with Crippen molar-refractivity contribution in [1.29, 1.82) is 0 Å². The number of aryl methyl sites for hydroxylation is 1. The number of aromatic nitrogens is 3. The number of hydrogen-bond acceptors (Lipinski definition) is 4. The van der Waals surface area contributed by atoms with Crippen LogP contribution < -0.4 is 10.6 Å². The molecule has 5 nitrogen and oxygen atoms in total. The van der Waals surface area contributed by atoms with Gasteiger partial charge in [0, 0.05) is 50.4 Å². The van der Waals surface area contributed by atoms with Crippen molar-refractivity contribution < 1.29 is 0 Å². The van der Waals surface area contributed by atoms with E-state index < -0.39 is 0 Å². The normalized spacial score (nSPS) is 10.1. The highest BCUT2D eigenvalue weighted by Crippen LogP contribution is 2.12. The van der Waals surface area contributed by atoms with Crippen LogP contribution in [0.15, 0.2) is 30.7 Å². The lowest BCUT2D eigenvalue weighted by atomic mass is 10.3. The smallest absolute Gasteiger partial charge is 0.127 e. The molecule has 0 aliphatic heterocycles. The molecule has 2 heterocycles. The summed E-state index contributed by atoms with van der Waals surface area (Å²) in [7, 11) is 3.77. The van der Waals surface area contributed by atoms with Crippen LogP contribution in [0.4, 0.5) is 11.5 Å². The van der Waals surface area contributed by atoms with E-state index in [1.807, 2.05) is 38.6 Å². The lowest BCUT2D eigenvalue weighted by Gasteiger charge is -2.06. The molecule has 5 heteroatoms. The first kappa shape index (κ1) is 10.5. The third-order valence-corrected chi connectivity index (χ3v) is 2.27. The fourth-order valence-corrected chi connectivity index (χ4v) is 1.44. The zero-order valence-corrected chi connectivity index (χ0v) is 9.44. The van der Waals surface area contributed by atoms with Crippen LogP contribution in [-0.2, 0) is 13.6 Å². The minimum Gasteiger partial charge on any atom is -0.381 e. The fraction of sp³-hybridized carbons (Fsp3) is 0.273. The summed E-state index contributed by atoms with van der Waals surface area (Å²) in [6, 6.07) is 3.91. The van der Waals surface area contributed by atoms with Gasteiger partial charge in [0.25, 0.3) is 0 Å². The summed E-state index contributed by atoms with van der Waals surface area (Å²) in [6.45, 7) is 0.765. The highest BCUT2D eigenvalue weighted by atomic mass is 15.2. The van der Waals surface area contributed by atoms with Crippen molar-refractivity contribution in [2.45, 2.75) is 6.54 Å². The minimum absolute atomic E-state index is 0.765. The zero-order valence-electron chi connectivity index (χ0n) is 9.44. The van der Waals surface area contributed by atoms with Crippen LogP contribution in [0.25, 0.3) is 0 Å². The molecule has 2 aromatic heterocycles. The Morgan fingerprint density at radius 2 is 2.31 bits per heavy atom. The van der Waals surface area contributed by atoms with Crippen molar-refractivity contribution in [3.63, 3.8) is 0 Å². The molecule has 0 radical (unpaired) electrons. The Labute approximate surface area is 94.5 Å². The van der Waals surface area contributed by atoms with Gasteiger partial charge >= 0.3 is 0 Å². The largest absolute Gasteiger partial charge is 0.381 e. The van der Waals surface area contributed by atoms with E-state index in [9.17, 15) is 0 Å². The van der Waals surface area contributed by atoms with Crippen LogP contribution in [0, 0.1) is 0 Å². The summed E-state index contributed by atoms with van der Waals surface area (Å²) in [4.78, 5) is 4.15. The van der Waals surface area contributed by atoms with Gasteiger partial charge in [0.15, 0.2) is 0 Å². The Kier molecular flexibility index (Phi) is 3.05. The predicted molar refractivity (Wildman–Crippen MR) is 64.3 cm³/mol. The average molecular weight is 217 g/mol. The van der Waals surface area contributed by atoms with E-state index in [1.54, 1.807) is 10.9 Å². The molecular weight excluding hydrogens is 202 g/mol. The highest BCUT2D eigenvalue weighted by Gasteiger charge is 1.97. The van der Waals surface area contributed by atoms with Gasteiger partial charge in [0.1, 0.15) is 5.82 Å². The first-order valence-corrected chi connectivity index (χ1v) is 5.13. The molecule has 0 atom stereocenters. The van der Waals surface area contributed by atoms with E-state index >= 15 is 0 Å². The number of hydrogen-bond donors (Lipinski definition) is 2. The van der Waals surface area contributed by atoms with E-state index in [2.05, 4.69) is 20.7 Å². The van der Waals surface area contributed by atoms with Gasteiger partial charge in [-0.1, -0.05) is 0 Å². The van der Waals surface area contributed by atoms with Crippen LogP contribution in [0.3, 0.4) is 0 Å². The number of rotatable bonds is 4. The summed E-state index contributed by atoms with van der Waals surface area (Å²) in [6.07, 6.45) is 5.62. The zero-order chi connectivity index (χ0) is 11.4. The lowest BCUT2D eigenvalue weighted by molar-refractivity contribution is 0.767. The summed E-state index contributed by atoms with van der Waals surface area (Å²) in [5, 5.41) is 10.4. The summed E-state index contributed by atoms with van der Waals surface area (Å²) in [5.41, 5.74) is 2.20. The number of nitrogens with zero attached hydrogens (tertiary/aromatic N) is 3. The van der Waals surface area contributed by atoms with E-state index in [0.717, 1.165) is 23.6 Å². The van der Waals surface area contributed by atoms with Crippen LogP contribution in [-0.4, -0.2) is 21.8 Å². The fourth-order valence-electron chi connectivity index (χ4n) is 1.44. The number of pyridine rings is 1. The Bertz CT molecular complexity index is 463. The van der Waals surface area contributed by atoms with Crippen molar-refractivity contribution in [3.8, 4) is 0 Å². The maximum Gasteiger partial charge on any atom is 0.127 e. The van der Waals surface area contributed by atoms with Crippen LogP contribution in [0.2, 0.25) is 0 Å². The van der Waals surface area contributed by atoms with Crippen LogP contribution in [0.1, 0.15) is 5.56 Å². The molecule has 0 unspecified atom stereocenters. The quantitative estimate of drug-likeness (QED) is 0.814. The van der Waals surface area contributed by atoms with Gasteiger partial charge < -0.3 is 10.6 Å². The molecular formula is C11H15N5. The number of anilines is 2. The van der Waals surface area contributed by atoms with Crippen LogP contribution in [0.5, 0.6) is 0 Å². The summed E-state index contributed by atoms with van der Waals surface area (Å²) >= 11 is 0. The Balaban J connectivity index is 1.99. The van der Waals surface area contributed by atoms with Crippen molar-refractivity contribution in [1.82, 2.24) is 14.8 Å². The highest BCUT2D eigenvalue weighted by molar-refractivity contribution is 5.51. The first-order valence-electron chi connectivity index (χ1n) is 5.13. The van der Waals surface area contributed by atoms with E-state index in [-0.39, 0.29) is 0 Å². The first-order chi connectivity index (χ1) is 7.78. The molecule has 0 aromatic carbocycles. The van der Waals surface area contributed by atoms with Gasteiger partial charge in [-0.15, -0.1) is 0 Å². The second-order valence-corrected chi connectivity index (χ2v) is 3.56. The lowest BCUT2D eigenvalue weighted by Crippen LogP contribution is -2.00. The van der Waals surface area contributed by atoms with Gasteiger partial charge in [-0.3, -0.25) is 4.68 Å². The van der Waals surface area contributed by atoms with Crippen molar-refractivity contribution in [3.05, 3.63) is 36.3 Å². The predicted octanol–water partition coefficient (Wildman–Crippen LogP) is 1.47. The molecule has 0 spiro atoms. The van der Waals surface area contributed by atoms with Crippen LogP contribution >= 0.6 is 0 Å². The second-order valence-electron chi connectivity index (χ2n) is 3.56. The molecule has 2 rings (SSSR count). The molecule has 0 amide bonds. The molecule has 16 heavy (non-hydrogen) atoms. The molecule has 0 aliphatic rings. The monoisotopic (exact) mass is 217 g/mol. The number of nitrogens with one attached hydrogen (secondary N) is 2.